The number of halogens is 1. The summed E-state index contributed by atoms with van der Waals surface area (Å²) < 4.78 is 17.9. The maximum absolute atomic E-state index is 12.8. The molecule has 0 atom stereocenters. The smallest absolute Gasteiger partial charge is 0.258 e. The van der Waals surface area contributed by atoms with Gasteiger partial charge in [0.25, 0.3) is 5.89 Å². The second-order valence-electron chi connectivity index (χ2n) is 3.91. The number of hydrogen-bond donors (Lipinski definition) is 0. The number of hydrogen-bond acceptors (Lipinski definition) is 4. The molecule has 0 fully saturated rings. The summed E-state index contributed by atoms with van der Waals surface area (Å²) >= 11 is 0. The van der Waals surface area contributed by atoms with Crippen LogP contribution in [0.15, 0.2) is 47.1 Å². The SMILES string of the molecule is [B]c1cccc(-c2nc(-c3ccc(F)cn3)no2)c1. The first-order valence-corrected chi connectivity index (χ1v) is 5.54. The Balaban J connectivity index is 1.97. The predicted molar refractivity (Wildman–Crippen MR) is 68.3 cm³/mol. The van der Waals surface area contributed by atoms with Gasteiger partial charge in [-0.2, -0.15) is 4.98 Å². The minimum absolute atomic E-state index is 0.303. The van der Waals surface area contributed by atoms with Crippen molar-refractivity contribution in [1.82, 2.24) is 15.1 Å². The van der Waals surface area contributed by atoms with E-state index in [0.29, 0.717) is 22.9 Å². The van der Waals surface area contributed by atoms with Crippen LogP contribution in [0.4, 0.5) is 4.39 Å². The molecular formula is C13H7BFN3O. The van der Waals surface area contributed by atoms with E-state index < -0.39 is 5.82 Å². The zero-order valence-corrected chi connectivity index (χ0v) is 9.75. The van der Waals surface area contributed by atoms with Gasteiger partial charge in [0.1, 0.15) is 19.4 Å². The summed E-state index contributed by atoms with van der Waals surface area (Å²) in [7, 11) is 5.69. The van der Waals surface area contributed by atoms with Crippen LogP contribution in [0.3, 0.4) is 0 Å². The van der Waals surface area contributed by atoms with Gasteiger partial charge in [-0.05, 0) is 18.2 Å². The average Bonchev–Trinajstić information content (AvgIpc) is 2.89. The Morgan fingerprint density at radius 3 is 2.79 bits per heavy atom. The van der Waals surface area contributed by atoms with Gasteiger partial charge < -0.3 is 4.52 Å². The molecule has 0 spiro atoms. The molecule has 0 aliphatic carbocycles. The van der Waals surface area contributed by atoms with E-state index in [4.69, 9.17) is 12.4 Å². The second kappa shape index (κ2) is 4.64. The highest BCUT2D eigenvalue weighted by Crippen LogP contribution is 2.20. The third kappa shape index (κ3) is 2.38. The van der Waals surface area contributed by atoms with E-state index in [-0.39, 0.29) is 0 Å². The topological polar surface area (TPSA) is 51.8 Å². The number of pyridine rings is 1. The van der Waals surface area contributed by atoms with Gasteiger partial charge in [-0.3, -0.25) is 0 Å². The first-order chi connectivity index (χ1) is 9.22. The third-order valence-electron chi connectivity index (χ3n) is 2.52. The van der Waals surface area contributed by atoms with E-state index >= 15 is 0 Å². The van der Waals surface area contributed by atoms with Gasteiger partial charge in [-0.1, -0.05) is 28.8 Å². The van der Waals surface area contributed by atoms with Crippen molar-refractivity contribution in [3.05, 3.63) is 48.4 Å². The predicted octanol–water partition coefficient (Wildman–Crippen LogP) is 1.73. The highest BCUT2D eigenvalue weighted by molar-refractivity contribution is 6.32. The molecule has 0 N–H and O–H groups in total. The summed E-state index contributed by atoms with van der Waals surface area (Å²) in [5, 5.41) is 3.81. The summed E-state index contributed by atoms with van der Waals surface area (Å²) in [6.45, 7) is 0. The molecule has 0 saturated carbocycles. The maximum Gasteiger partial charge on any atom is 0.258 e. The van der Waals surface area contributed by atoms with Gasteiger partial charge in [-0.25, -0.2) is 9.37 Å². The minimum Gasteiger partial charge on any atom is -0.334 e. The van der Waals surface area contributed by atoms with Crippen LogP contribution in [-0.2, 0) is 0 Å². The van der Waals surface area contributed by atoms with Crippen LogP contribution in [0.25, 0.3) is 23.0 Å². The van der Waals surface area contributed by atoms with E-state index in [1.165, 1.54) is 12.1 Å². The standard InChI is InChI=1S/C13H7BFN3O/c14-9-3-1-2-8(6-9)13-17-12(18-19-13)11-5-4-10(15)7-16-11/h1-7H. The molecular weight excluding hydrogens is 244 g/mol. The summed E-state index contributed by atoms with van der Waals surface area (Å²) in [6.07, 6.45) is 1.10. The van der Waals surface area contributed by atoms with E-state index in [9.17, 15) is 4.39 Å². The van der Waals surface area contributed by atoms with Crippen LogP contribution >= 0.6 is 0 Å². The first kappa shape index (κ1) is 11.6. The van der Waals surface area contributed by atoms with Gasteiger partial charge in [0.15, 0.2) is 0 Å². The van der Waals surface area contributed by atoms with E-state index in [1.54, 1.807) is 18.2 Å². The lowest BCUT2D eigenvalue weighted by Gasteiger charge is -1.95. The highest BCUT2D eigenvalue weighted by atomic mass is 19.1. The van der Waals surface area contributed by atoms with Crippen molar-refractivity contribution in [2.45, 2.75) is 0 Å². The molecule has 3 rings (SSSR count). The number of aromatic nitrogens is 3. The molecule has 0 bridgehead atoms. The molecule has 0 amide bonds. The Morgan fingerprint density at radius 1 is 1.16 bits per heavy atom. The van der Waals surface area contributed by atoms with Crippen molar-refractivity contribution in [2.75, 3.05) is 0 Å². The molecule has 4 nitrogen and oxygen atoms in total. The fourth-order valence-electron chi connectivity index (χ4n) is 1.62. The molecule has 2 aromatic heterocycles. The molecule has 90 valence electrons. The molecule has 1 aromatic carbocycles. The van der Waals surface area contributed by atoms with Gasteiger partial charge in [0.2, 0.25) is 5.82 Å². The summed E-state index contributed by atoms with van der Waals surface area (Å²) in [5.74, 6) is 0.231. The number of rotatable bonds is 2. The van der Waals surface area contributed by atoms with Crippen molar-refractivity contribution in [1.29, 1.82) is 0 Å². The van der Waals surface area contributed by atoms with Crippen molar-refractivity contribution in [2.24, 2.45) is 0 Å². The molecule has 3 aromatic rings. The molecule has 0 saturated heterocycles. The van der Waals surface area contributed by atoms with Crippen molar-refractivity contribution in [3.8, 4) is 23.0 Å². The fraction of sp³-hybridized carbons (Fsp3) is 0. The lowest BCUT2D eigenvalue weighted by atomic mass is 9.94. The lowest BCUT2D eigenvalue weighted by Crippen LogP contribution is -2.00. The molecule has 0 unspecified atom stereocenters. The summed E-state index contributed by atoms with van der Waals surface area (Å²) in [5.41, 5.74) is 1.78. The highest BCUT2D eigenvalue weighted by Gasteiger charge is 2.11. The second-order valence-corrected chi connectivity index (χ2v) is 3.91. The molecule has 19 heavy (non-hydrogen) atoms. The monoisotopic (exact) mass is 251 g/mol. The summed E-state index contributed by atoms with van der Waals surface area (Å²) in [4.78, 5) is 8.09. The first-order valence-electron chi connectivity index (χ1n) is 5.54. The quantitative estimate of drug-likeness (QED) is 0.651. The zero-order chi connectivity index (χ0) is 13.2. The Hall–Kier alpha value is -2.50. The normalized spacial score (nSPS) is 10.6. The molecule has 0 aliphatic heterocycles. The lowest BCUT2D eigenvalue weighted by molar-refractivity contribution is 0.432. The van der Waals surface area contributed by atoms with Crippen LogP contribution in [0.1, 0.15) is 0 Å². The maximum atomic E-state index is 12.8. The van der Waals surface area contributed by atoms with Crippen molar-refractivity contribution >= 4 is 13.3 Å². The number of benzene rings is 1. The Bertz CT molecular complexity index is 712. The minimum atomic E-state index is -0.414. The van der Waals surface area contributed by atoms with E-state index in [0.717, 1.165) is 11.8 Å². The molecule has 0 aliphatic rings. The largest absolute Gasteiger partial charge is 0.334 e. The van der Waals surface area contributed by atoms with Gasteiger partial charge in [-0.15, -0.1) is 0 Å². The van der Waals surface area contributed by atoms with Crippen LogP contribution in [-0.4, -0.2) is 23.0 Å². The molecule has 6 heteroatoms. The van der Waals surface area contributed by atoms with Crippen molar-refractivity contribution < 1.29 is 8.91 Å². The molecule has 2 heterocycles. The third-order valence-corrected chi connectivity index (χ3v) is 2.52. The fourth-order valence-corrected chi connectivity index (χ4v) is 1.62. The van der Waals surface area contributed by atoms with Crippen molar-refractivity contribution in [3.63, 3.8) is 0 Å². The Morgan fingerprint density at radius 2 is 2.05 bits per heavy atom. The Kier molecular flexibility index (Phi) is 2.83. The van der Waals surface area contributed by atoms with Crippen LogP contribution in [0.2, 0.25) is 0 Å². The van der Waals surface area contributed by atoms with E-state index in [2.05, 4.69) is 15.1 Å². The van der Waals surface area contributed by atoms with Gasteiger partial charge in [0.05, 0.1) is 6.20 Å². The number of nitrogens with zero attached hydrogens (tertiary/aromatic N) is 3. The van der Waals surface area contributed by atoms with Gasteiger partial charge in [0, 0.05) is 5.56 Å². The van der Waals surface area contributed by atoms with Gasteiger partial charge >= 0.3 is 0 Å². The zero-order valence-electron chi connectivity index (χ0n) is 9.75. The van der Waals surface area contributed by atoms with Crippen LogP contribution in [0.5, 0.6) is 0 Å². The summed E-state index contributed by atoms with van der Waals surface area (Å²) in [6, 6.07) is 9.89. The molecule has 2 radical (unpaired) electrons. The average molecular weight is 251 g/mol. The Labute approximate surface area is 109 Å². The van der Waals surface area contributed by atoms with Crippen LogP contribution < -0.4 is 5.46 Å². The van der Waals surface area contributed by atoms with E-state index in [1.807, 2.05) is 6.07 Å². The van der Waals surface area contributed by atoms with Crippen LogP contribution in [0, 0.1) is 5.82 Å².